The molecule has 376 valence electrons. The van der Waals surface area contributed by atoms with Gasteiger partial charge in [0.1, 0.15) is 41.1 Å². The molecule has 2 fully saturated rings. The summed E-state index contributed by atoms with van der Waals surface area (Å²) in [4.78, 5) is 92.2. The van der Waals surface area contributed by atoms with Crippen molar-refractivity contribution in [2.24, 2.45) is 23.7 Å². The van der Waals surface area contributed by atoms with Gasteiger partial charge in [-0.2, -0.15) is 0 Å². The van der Waals surface area contributed by atoms with Gasteiger partial charge >= 0.3 is 12.1 Å². The number of ether oxygens (including phenoxy) is 3. The number of unbranched alkanes of at least 4 members (excludes halogenated alkanes) is 1. The molecule has 2 saturated heterocycles. The summed E-state index contributed by atoms with van der Waals surface area (Å²) in [6.07, 6.45) is 5.16. The molecule has 0 aliphatic carbocycles. The minimum atomic E-state index is -1.61. The molecule has 16 heteroatoms. The zero-order valence-electron chi connectivity index (χ0n) is 41.7. The first-order chi connectivity index (χ1) is 32.4. The summed E-state index contributed by atoms with van der Waals surface area (Å²) in [6, 6.07) is 10.2. The van der Waals surface area contributed by atoms with Crippen molar-refractivity contribution in [3.63, 3.8) is 0 Å². The van der Waals surface area contributed by atoms with Crippen LogP contribution in [0, 0.1) is 30.6 Å². The number of hydrogen-bond donors (Lipinski definition) is 4. The van der Waals surface area contributed by atoms with Crippen LogP contribution in [0.25, 0.3) is 0 Å². The summed E-state index contributed by atoms with van der Waals surface area (Å²) in [6.45, 7) is 15.8. The lowest BCUT2D eigenvalue weighted by atomic mass is 9.82. The number of alkyl carbamates (subject to hydrolysis) is 1. The highest BCUT2D eigenvalue weighted by atomic mass is 35.5. The number of nitrogens with one attached hydrogen (secondary N) is 3. The molecular formula is C53H71ClN4O11. The summed E-state index contributed by atoms with van der Waals surface area (Å²) in [5.41, 5.74) is 2.04. The standard InChI is InChI=1S/C53H71ClN4O11/c1-30(2)42(60)23-20-39(26-34(6)59)50(64)55-36(8)49(63)56-40-21-18-37(19-22-40)16-11-12-17-46(62)68-44-28-45(61)58(10)41-27-38(25-32(4)47(41)54)24-31(3)14-13-15-33(5)53(66)29-43(67-51(65)57-53)35(7)48-52(44,9)69-48/h13-15,18-19,21-22,25,27,30,33,35-36,39,43-44,48,66H,11-12,16-17,20,23-24,26,28-29H2,1-10H3,(H,55,64)(H,56,63)(H,57,65)/b15-13+,31-14+/t33-,35-,36?,39?,43+,44+,48+,52+,53+/m1/s1. The van der Waals surface area contributed by atoms with Crippen LogP contribution >= 0.6 is 11.6 Å². The monoisotopic (exact) mass is 974 g/mol. The molecule has 9 atom stereocenters. The quantitative estimate of drug-likeness (QED) is 0.0719. The minimum absolute atomic E-state index is 0.00646. The van der Waals surface area contributed by atoms with Crippen LogP contribution in [0.15, 0.2) is 60.2 Å². The van der Waals surface area contributed by atoms with E-state index in [2.05, 4.69) is 16.0 Å². The second-order valence-electron chi connectivity index (χ2n) is 19.9. The first-order valence-electron chi connectivity index (χ1n) is 24.1. The topological polar surface area (TPSA) is 210 Å². The van der Waals surface area contributed by atoms with Crippen LogP contribution in [-0.4, -0.2) is 89.2 Å². The van der Waals surface area contributed by atoms with Gasteiger partial charge in [0.2, 0.25) is 17.7 Å². The van der Waals surface area contributed by atoms with Gasteiger partial charge in [0.25, 0.3) is 0 Å². The van der Waals surface area contributed by atoms with E-state index in [9.17, 15) is 38.7 Å². The SMILES string of the molecule is CC(=O)CC(CCC(=O)C(C)C)C(=O)NC(C)C(=O)Nc1ccc(CCCCC(=O)O[C@H]2CC(=O)N(C)c3cc(cc(C)c3Cl)C/C(C)=C/C=C/[C@@H](C)[C@@]3(O)C[C@H](OC(=O)N3)[C@@H](C)[C@@H]3O[C@@]23C)cc1. The minimum Gasteiger partial charge on any atom is -0.459 e. The number of carbonyl (C=O) groups excluding carboxylic acids is 7. The first kappa shape index (κ1) is 54.6. The van der Waals surface area contributed by atoms with Gasteiger partial charge in [-0.3, -0.25) is 29.3 Å². The third-order valence-corrected chi connectivity index (χ3v) is 14.2. The van der Waals surface area contributed by atoms with E-state index in [-0.39, 0.29) is 61.9 Å². The van der Waals surface area contributed by atoms with Crippen molar-refractivity contribution in [2.75, 3.05) is 17.3 Å². The molecule has 2 unspecified atom stereocenters. The van der Waals surface area contributed by atoms with Gasteiger partial charge in [0.15, 0.2) is 0 Å². The number of amides is 4. The molecule has 15 nitrogen and oxygen atoms in total. The molecule has 0 aromatic heterocycles. The van der Waals surface area contributed by atoms with Crippen LogP contribution in [0.1, 0.15) is 123 Å². The van der Waals surface area contributed by atoms with Crippen molar-refractivity contribution in [1.29, 1.82) is 0 Å². The number of halogens is 1. The number of aliphatic hydroxyl groups is 1. The number of allylic oxidation sites excluding steroid dienone is 3. The number of anilines is 2. The average Bonchev–Trinajstić information content (AvgIpc) is 3.98. The Hall–Kier alpha value is -5.38. The molecule has 4 amide bonds. The van der Waals surface area contributed by atoms with E-state index < -0.39 is 77.3 Å². The second kappa shape index (κ2) is 23.5. The van der Waals surface area contributed by atoms with Gasteiger partial charge in [0, 0.05) is 62.1 Å². The molecule has 3 aliphatic rings. The average molecular weight is 976 g/mol. The Morgan fingerprint density at radius 1 is 1.01 bits per heavy atom. The highest BCUT2D eigenvalue weighted by Crippen LogP contribution is 2.49. The summed E-state index contributed by atoms with van der Waals surface area (Å²) >= 11 is 6.81. The number of hydrogen-bond acceptors (Lipinski definition) is 11. The Labute approximate surface area is 411 Å². The summed E-state index contributed by atoms with van der Waals surface area (Å²) in [5.74, 6) is -3.74. The lowest BCUT2D eigenvalue weighted by molar-refractivity contribution is -0.154. The third-order valence-electron chi connectivity index (χ3n) is 13.7. The van der Waals surface area contributed by atoms with E-state index in [4.69, 9.17) is 25.8 Å². The summed E-state index contributed by atoms with van der Waals surface area (Å²) in [5, 5.41) is 20.3. The summed E-state index contributed by atoms with van der Waals surface area (Å²) < 4.78 is 18.2. The van der Waals surface area contributed by atoms with Crippen LogP contribution in [0.3, 0.4) is 0 Å². The second-order valence-corrected chi connectivity index (χ2v) is 20.3. The lowest BCUT2D eigenvalue weighted by Gasteiger charge is -2.41. The van der Waals surface area contributed by atoms with Crippen LogP contribution in [0.5, 0.6) is 0 Å². The number of aryl methyl sites for hydroxylation is 2. The molecule has 3 aliphatic heterocycles. The molecule has 0 spiro atoms. The molecule has 5 rings (SSSR count). The van der Waals surface area contributed by atoms with E-state index in [0.717, 1.165) is 22.3 Å². The van der Waals surface area contributed by atoms with E-state index in [0.29, 0.717) is 42.1 Å². The van der Waals surface area contributed by atoms with Crippen molar-refractivity contribution >= 4 is 64.3 Å². The molecule has 3 heterocycles. The number of esters is 1. The lowest BCUT2D eigenvalue weighted by Crippen LogP contribution is -2.60. The summed E-state index contributed by atoms with van der Waals surface area (Å²) in [7, 11) is 1.64. The molecule has 4 N–H and O–H groups in total. The third kappa shape index (κ3) is 14.6. The zero-order valence-corrected chi connectivity index (χ0v) is 42.5. The van der Waals surface area contributed by atoms with Gasteiger partial charge in [-0.25, -0.2) is 4.79 Å². The molecule has 2 aromatic rings. The number of nitrogens with zero attached hydrogens (tertiary/aromatic N) is 1. The number of carbonyl (C=O) groups is 7. The highest BCUT2D eigenvalue weighted by Gasteiger charge is 2.64. The maximum absolute atomic E-state index is 14.2. The van der Waals surface area contributed by atoms with Crippen LogP contribution < -0.4 is 20.9 Å². The fourth-order valence-corrected chi connectivity index (χ4v) is 9.28. The Morgan fingerprint density at radius 2 is 1.71 bits per heavy atom. The van der Waals surface area contributed by atoms with Crippen molar-refractivity contribution < 1.29 is 52.9 Å². The Balaban J connectivity index is 1.21. The number of epoxide rings is 1. The largest absolute Gasteiger partial charge is 0.459 e. The van der Waals surface area contributed by atoms with Gasteiger partial charge in [0.05, 0.1) is 23.2 Å². The molecule has 69 heavy (non-hydrogen) atoms. The maximum Gasteiger partial charge on any atom is 0.409 e. The number of fused-ring (bicyclic) bond motifs is 5. The van der Waals surface area contributed by atoms with E-state index >= 15 is 0 Å². The van der Waals surface area contributed by atoms with Crippen molar-refractivity contribution in [2.45, 2.75) is 162 Å². The van der Waals surface area contributed by atoms with E-state index in [1.165, 1.54) is 11.8 Å². The predicted octanol–water partition coefficient (Wildman–Crippen LogP) is 8.05. The first-order valence-corrected chi connectivity index (χ1v) is 24.5. The maximum atomic E-state index is 14.2. The Bertz CT molecular complexity index is 2310. The molecule has 0 radical (unpaired) electrons. The Morgan fingerprint density at radius 3 is 2.38 bits per heavy atom. The van der Waals surface area contributed by atoms with Gasteiger partial charge < -0.3 is 39.6 Å². The smallest absolute Gasteiger partial charge is 0.409 e. The van der Waals surface area contributed by atoms with Gasteiger partial charge in [-0.15, -0.1) is 0 Å². The highest BCUT2D eigenvalue weighted by molar-refractivity contribution is 6.34. The number of benzene rings is 2. The van der Waals surface area contributed by atoms with Crippen LogP contribution in [-0.2, 0) is 55.8 Å². The number of Topliss-reactive ketones (excluding diaryl/α,β-unsaturated/α-hetero) is 2. The molecule has 4 bridgehead atoms. The van der Waals surface area contributed by atoms with Crippen LogP contribution in [0.4, 0.5) is 16.2 Å². The van der Waals surface area contributed by atoms with Gasteiger partial charge in [-0.1, -0.05) is 81.3 Å². The predicted molar refractivity (Wildman–Crippen MR) is 263 cm³/mol. The fourth-order valence-electron chi connectivity index (χ4n) is 9.04. The van der Waals surface area contributed by atoms with Crippen molar-refractivity contribution in [3.05, 3.63) is 81.9 Å². The van der Waals surface area contributed by atoms with Gasteiger partial charge in [-0.05, 0) is 102 Å². The van der Waals surface area contributed by atoms with E-state index in [1.54, 1.807) is 46.9 Å². The van der Waals surface area contributed by atoms with Crippen molar-refractivity contribution in [3.8, 4) is 0 Å². The van der Waals surface area contributed by atoms with E-state index in [1.807, 2.05) is 70.2 Å². The molecule has 2 aromatic carbocycles. The van der Waals surface area contributed by atoms with Crippen molar-refractivity contribution in [1.82, 2.24) is 10.6 Å². The number of ketones is 2. The fraction of sp³-hybridized carbons (Fsp3) is 0.566. The Kier molecular flexibility index (Phi) is 18.6. The normalized spacial score (nSPS) is 27.1. The molecular weight excluding hydrogens is 904 g/mol. The molecule has 0 saturated carbocycles. The zero-order chi connectivity index (χ0) is 51.0. The number of rotatable bonds is 16. The van der Waals surface area contributed by atoms with Crippen LogP contribution in [0.2, 0.25) is 5.02 Å².